The van der Waals surface area contributed by atoms with Gasteiger partial charge >= 0.3 is 5.97 Å². The molecule has 2 aromatic rings. The summed E-state index contributed by atoms with van der Waals surface area (Å²) in [5.74, 6) is -0.702. The number of nitrogens with zero attached hydrogens (tertiary/aromatic N) is 1. The highest BCUT2D eigenvalue weighted by molar-refractivity contribution is 7.13. The van der Waals surface area contributed by atoms with E-state index in [2.05, 4.69) is 5.16 Å². The molecule has 5 heteroatoms. The molecule has 0 spiro atoms. The van der Waals surface area contributed by atoms with Gasteiger partial charge in [0.2, 0.25) is 0 Å². The molecule has 0 aliphatic carbocycles. The van der Waals surface area contributed by atoms with Gasteiger partial charge < -0.3 is 9.63 Å². The first-order chi connectivity index (χ1) is 6.29. The summed E-state index contributed by atoms with van der Waals surface area (Å²) < 4.78 is 4.85. The van der Waals surface area contributed by atoms with E-state index < -0.39 is 5.97 Å². The van der Waals surface area contributed by atoms with E-state index in [-0.39, 0.29) is 5.56 Å². The van der Waals surface area contributed by atoms with Crippen molar-refractivity contribution in [1.29, 1.82) is 0 Å². The Balaban J connectivity index is 2.52. The third-order valence-corrected chi connectivity index (χ3v) is 2.41. The molecule has 0 bridgehead atoms. The topological polar surface area (TPSA) is 63.3 Å². The number of carbonyl (C=O) groups is 1. The fourth-order valence-corrected chi connectivity index (χ4v) is 1.69. The quantitative estimate of drug-likeness (QED) is 0.797. The number of carboxylic acids is 1. The number of rotatable bonds is 2. The van der Waals surface area contributed by atoms with Crippen molar-refractivity contribution < 1.29 is 14.4 Å². The third-order valence-electron chi connectivity index (χ3n) is 1.55. The largest absolute Gasteiger partial charge is 0.477 e. The Labute approximate surface area is 77.4 Å². The molecule has 1 N–H and O–H groups in total. The van der Waals surface area contributed by atoms with Crippen LogP contribution in [0.25, 0.3) is 10.6 Å². The van der Waals surface area contributed by atoms with E-state index in [1.807, 2.05) is 11.4 Å². The van der Waals surface area contributed by atoms with Crippen molar-refractivity contribution in [2.75, 3.05) is 0 Å². The molecule has 0 saturated heterocycles. The molecule has 0 radical (unpaired) electrons. The molecule has 0 saturated carbocycles. The molecule has 13 heavy (non-hydrogen) atoms. The van der Waals surface area contributed by atoms with E-state index in [9.17, 15) is 4.79 Å². The SMILES string of the molecule is O=C(O)c1cnoc1-c1cccs1. The molecule has 4 nitrogen and oxygen atoms in total. The Morgan fingerprint density at radius 2 is 2.46 bits per heavy atom. The zero-order valence-corrected chi connectivity index (χ0v) is 7.25. The second kappa shape index (κ2) is 3.02. The molecular weight excluding hydrogens is 190 g/mol. The van der Waals surface area contributed by atoms with Gasteiger partial charge in [-0.2, -0.15) is 0 Å². The summed E-state index contributed by atoms with van der Waals surface area (Å²) in [5.41, 5.74) is 0.0995. The van der Waals surface area contributed by atoms with E-state index in [0.29, 0.717) is 5.76 Å². The highest BCUT2D eigenvalue weighted by Crippen LogP contribution is 2.27. The van der Waals surface area contributed by atoms with Crippen molar-refractivity contribution in [3.63, 3.8) is 0 Å². The van der Waals surface area contributed by atoms with Gasteiger partial charge in [0, 0.05) is 0 Å². The maximum Gasteiger partial charge on any atom is 0.341 e. The first-order valence-corrected chi connectivity index (χ1v) is 4.39. The van der Waals surface area contributed by atoms with Gasteiger partial charge in [-0.05, 0) is 11.4 Å². The highest BCUT2D eigenvalue weighted by atomic mass is 32.1. The van der Waals surface area contributed by atoms with Gasteiger partial charge in [-0.25, -0.2) is 4.79 Å². The van der Waals surface area contributed by atoms with E-state index >= 15 is 0 Å². The molecule has 0 amide bonds. The average Bonchev–Trinajstić information content (AvgIpc) is 2.74. The van der Waals surface area contributed by atoms with E-state index in [1.165, 1.54) is 17.5 Å². The molecular formula is C8H5NO3S. The van der Waals surface area contributed by atoms with Gasteiger partial charge in [-0.1, -0.05) is 11.2 Å². The number of carboxylic acid groups (broad SMARTS) is 1. The van der Waals surface area contributed by atoms with Crippen LogP contribution in [0.2, 0.25) is 0 Å². The number of thiophene rings is 1. The van der Waals surface area contributed by atoms with Crippen molar-refractivity contribution in [2.24, 2.45) is 0 Å². The van der Waals surface area contributed by atoms with Crippen molar-refractivity contribution in [3.05, 3.63) is 29.3 Å². The summed E-state index contributed by atoms with van der Waals surface area (Å²) in [4.78, 5) is 11.5. The minimum atomic E-state index is -1.02. The Kier molecular flexibility index (Phi) is 1.86. The predicted octanol–water partition coefficient (Wildman–Crippen LogP) is 2.10. The maximum absolute atomic E-state index is 10.7. The van der Waals surface area contributed by atoms with Gasteiger partial charge in [0.25, 0.3) is 0 Å². The molecule has 2 aromatic heterocycles. The second-order valence-corrected chi connectivity index (χ2v) is 3.30. The summed E-state index contributed by atoms with van der Waals surface area (Å²) in [7, 11) is 0. The van der Waals surface area contributed by atoms with Crippen LogP contribution in [0.15, 0.2) is 28.2 Å². The lowest BCUT2D eigenvalue weighted by molar-refractivity contribution is 0.0697. The van der Waals surface area contributed by atoms with Gasteiger partial charge in [0.1, 0.15) is 5.56 Å². The van der Waals surface area contributed by atoms with E-state index in [4.69, 9.17) is 9.63 Å². The van der Waals surface area contributed by atoms with Crippen LogP contribution >= 0.6 is 11.3 Å². The van der Waals surface area contributed by atoms with Crippen molar-refractivity contribution in [1.82, 2.24) is 5.16 Å². The predicted molar refractivity (Wildman–Crippen MR) is 46.8 cm³/mol. The van der Waals surface area contributed by atoms with Gasteiger partial charge in [0.05, 0.1) is 11.1 Å². The van der Waals surface area contributed by atoms with Crippen LogP contribution in [0.1, 0.15) is 10.4 Å². The lowest BCUT2D eigenvalue weighted by atomic mass is 10.2. The molecule has 0 aromatic carbocycles. The van der Waals surface area contributed by atoms with Gasteiger partial charge in [-0.3, -0.25) is 0 Å². The normalized spacial score (nSPS) is 10.2. The Bertz CT molecular complexity index is 418. The molecule has 66 valence electrons. The van der Waals surface area contributed by atoms with Crippen LogP contribution < -0.4 is 0 Å². The average molecular weight is 195 g/mol. The van der Waals surface area contributed by atoms with Crippen LogP contribution in [-0.2, 0) is 0 Å². The summed E-state index contributed by atoms with van der Waals surface area (Å²) in [6.07, 6.45) is 1.21. The number of hydrogen-bond donors (Lipinski definition) is 1. The summed E-state index contributed by atoms with van der Waals surface area (Å²) in [5, 5.41) is 14.1. The number of hydrogen-bond acceptors (Lipinski definition) is 4. The molecule has 0 aliphatic heterocycles. The van der Waals surface area contributed by atoms with Crippen LogP contribution in [0, 0.1) is 0 Å². The maximum atomic E-state index is 10.7. The molecule has 0 unspecified atom stereocenters. The second-order valence-electron chi connectivity index (χ2n) is 2.35. The molecule has 2 rings (SSSR count). The first kappa shape index (κ1) is 8.00. The minimum absolute atomic E-state index is 0.0995. The standard InChI is InChI=1S/C8H5NO3S/c10-8(11)5-4-9-12-7(5)6-2-1-3-13-6/h1-4H,(H,10,11). The Morgan fingerprint density at radius 1 is 1.62 bits per heavy atom. The summed E-state index contributed by atoms with van der Waals surface area (Å²) >= 11 is 1.42. The van der Waals surface area contributed by atoms with Crippen molar-refractivity contribution in [2.45, 2.75) is 0 Å². The fourth-order valence-electron chi connectivity index (χ4n) is 0.977. The summed E-state index contributed by atoms with van der Waals surface area (Å²) in [6.45, 7) is 0. The lowest BCUT2D eigenvalue weighted by Gasteiger charge is -1.90. The smallest absolute Gasteiger partial charge is 0.341 e. The van der Waals surface area contributed by atoms with E-state index in [0.717, 1.165) is 4.88 Å². The highest BCUT2D eigenvalue weighted by Gasteiger charge is 2.16. The Morgan fingerprint density at radius 3 is 3.08 bits per heavy atom. The molecule has 2 heterocycles. The van der Waals surface area contributed by atoms with Crippen LogP contribution in [-0.4, -0.2) is 16.2 Å². The molecule has 0 atom stereocenters. The zero-order valence-electron chi connectivity index (χ0n) is 6.43. The van der Waals surface area contributed by atoms with E-state index in [1.54, 1.807) is 6.07 Å². The van der Waals surface area contributed by atoms with Gasteiger partial charge in [-0.15, -0.1) is 11.3 Å². The fraction of sp³-hybridized carbons (Fsp3) is 0. The van der Waals surface area contributed by atoms with Crippen molar-refractivity contribution >= 4 is 17.3 Å². The van der Waals surface area contributed by atoms with Crippen LogP contribution in [0.4, 0.5) is 0 Å². The summed E-state index contributed by atoms with van der Waals surface area (Å²) in [6, 6.07) is 3.62. The van der Waals surface area contributed by atoms with Crippen LogP contribution in [0.5, 0.6) is 0 Å². The third kappa shape index (κ3) is 1.33. The minimum Gasteiger partial charge on any atom is -0.477 e. The first-order valence-electron chi connectivity index (χ1n) is 3.51. The number of aromatic nitrogens is 1. The zero-order chi connectivity index (χ0) is 9.26. The van der Waals surface area contributed by atoms with Gasteiger partial charge in [0.15, 0.2) is 5.76 Å². The lowest BCUT2D eigenvalue weighted by Crippen LogP contribution is -1.94. The molecule has 0 aliphatic rings. The van der Waals surface area contributed by atoms with Crippen LogP contribution in [0.3, 0.4) is 0 Å². The van der Waals surface area contributed by atoms with Crippen molar-refractivity contribution in [3.8, 4) is 10.6 Å². The Hall–Kier alpha value is -1.62. The number of aromatic carboxylic acids is 1. The monoisotopic (exact) mass is 195 g/mol. The molecule has 0 fully saturated rings.